The molecule has 3 aromatic rings. The average Bonchev–Trinajstić information content (AvgIpc) is 3.26. The van der Waals surface area contributed by atoms with E-state index in [9.17, 15) is 4.79 Å². The first-order chi connectivity index (χ1) is 12.1. The van der Waals surface area contributed by atoms with Crippen LogP contribution in [0.5, 0.6) is 0 Å². The summed E-state index contributed by atoms with van der Waals surface area (Å²) in [6, 6.07) is 10.5. The van der Waals surface area contributed by atoms with Gasteiger partial charge < -0.3 is 5.32 Å². The van der Waals surface area contributed by atoms with Crippen LogP contribution in [0.1, 0.15) is 30.9 Å². The van der Waals surface area contributed by atoms with Crippen LogP contribution < -0.4 is 5.32 Å². The van der Waals surface area contributed by atoms with Gasteiger partial charge in [0.25, 0.3) is 0 Å². The predicted molar refractivity (Wildman–Crippen MR) is 98.4 cm³/mol. The van der Waals surface area contributed by atoms with Crippen molar-refractivity contribution >= 4 is 17.2 Å². The van der Waals surface area contributed by atoms with Gasteiger partial charge in [-0.15, -0.1) is 10.2 Å². The lowest BCUT2D eigenvalue weighted by Gasteiger charge is -2.08. The number of benzene rings is 1. The molecule has 2 heterocycles. The van der Waals surface area contributed by atoms with Crippen LogP contribution in [-0.4, -0.2) is 32.7 Å². The van der Waals surface area contributed by atoms with Gasteiger partial charge in [-0.25, -0.2) is 0 Å². The first-order valence-electron chi connectivity index (χ1n) is 8.28. The molecule has 0 aliphatic heterocycles. The Bertz CT molecular complexity index is 808. The molecule has 0 aliphatic rings. The molecule has 0 aliphatic carbocycles. The van der Waals surface area contributed by atoms with Crippen molar-refractivity contribution in [2.75, 3.05) is 6.54 Å². The van der Waals surface area contributed by atoms with E-state index in [1.165, 1.54) is 15.9 Å². The quantitative estimate of drug-likeness (QED) is 0.707. The molecule has 0 radical (unpaired) electrons. The van der Waals surface area contributed by atoms with E-state index >= 15 is 0 Å². The molecule has 1 N–H and O–H groups in total. The molecular weight excluding hydrogens is 334 g/mol. The lowest BCUT2D eigenvalue weighted by atomic mass is 10.0. The van der Waals surface area contributed by atoms with Gasteiger partial charge in [0.05, 0.1) is 0 Å². The van der Waals surface area contributed by atoms with Crippen LogP contribution in [0.4, 0.5) is 0 Å². The molecule has 0 fully saturated rings. The average molecular weight is 355 g/mol. The van der Waals surface area contributed by atoms with Crippen molar-refractivity contribution in [2.24, 2.45) is 0 Å². The van der Waals surface area contributed by atoms with Crippen molar-refractivity contribution in [3.63, 3.8) is 0 Å². The summed E-state index contributed by atoms with van der Waals surface area (Å²) in [5, 5.41) is 18.9. The number of nitrogens with one attached hydrogen (secondary N) is 1. The minimum Gasteiger partial charge on any atom is -0.354 e. The van der Waals surface area contributed by atoms with E-state index in [2.05, 4.69) is 58.8 Å². The second-order valence-corrected chi connectivity index (χ2v) is 6.93. The minimum atomic E-state index is -0.118. The molecule has 0 spiro atoms. The zero-order chi connectivity index (χ0) is 17.6. The first kappa shape index (κ1) is 17.3. The number of hydrogen-bond acceptors (Lipinski definition) is 5. The Balaban J connectivity index is 1.45. The zero-order valence-corrected chi connectivity index (χ0v) is 15.2. The SMILES string of the molecule is CC(C)c1ccc(CCNC(=O)Cn2nnc(-c3ccsc3)n2)cc1. The van der Waals surface area contributed by atoms with Crippen molar-refractivity contribution in [1.29, 1.82) is 0 Å². The standard InChI is InChI=1S/C18H21N5OS/c1-13(2)15-5-3-14(4-6-15)7-9-19-17(24)11-23-21-18(20-22-23)16-8-10-25-12-16/h3-6,8,10,12-13H,7,9,11H2,1-2H3,(H,19,24). The Morgan fingerprint density at radius 3 is 2.72 bits per heavy atom. The summed E-state index contributed by atoms with van der Waals surface area (Å²) in [4.78, 5) is 13.3. The van der Waals surface area contributed by atoms with Crippen molar-refractivity contribution < 1.29 is 4.79 Å². The summed E-state index contributed by atoms with van der Waals surface area (Å²) in [7, 11) is 0. The van der Waals surface area contributed by atoms with Gasteiger partial charge in [-0.3, -0.25) is 4.79 Å². The Kier molecular flexibility index (Phi) is 5.55. The van der Waals surface area contributed by atoms with E-state index < -0.39 is 0 Å². The maximum absolute atomic E-state index is 12.0. The number of tetrazole rings is 1. The number of carbonyl (C=O) groups is 1. The molecule has 0 atom stereocenters. The van der Waals surface area contributed by atoms with Crippen LogP contribution in [0.3, 0.4) is 0 Å². The third-order valence-electron chi connectivity index (χ3n) is 3.90. The normalized spacial score (nSPS) is 11.0. The summed E-state index contributed by atoms with van der Waals surface area (Å²) in [6.07, 6.45) is 0.801. The topological polar surface area (TPSA) is 72.7 Å². The van der Waals surface area contributed by atoms with E-state index in [1.54, 1.807) is 11.3 Å². The van der Waals surface area contributed by atoms with E-state index in [-0.39, 0.29) is 12.5 Å². The smallest absolute Gasteiger partial charge is 0.243 e. The summed E-state index contributed by atoms with van der Waals surface area (Å²) in [5.74, 6) is 0.954. The summed E-state index contributed by atoms with van der Waals surface area (Å²) >= 11 is 1.57. The number of thiophene rings is 1. The zero-order valence-electron chi connectivity index (χ0n) is 14.3. The predicted octanol–water partition coefficient (Wildman–Crippen LogP) is 2.88. The minimum absolute atomic E-state index is 0.0728. The summed E-state index contributed by atoms with van der Waals surface area (Å²) < 4.78 is 0. The van der Waals surface area contributed by atoms with Gasteiger partial charge in [0.15, 0.2) is 0 Å². The number of nitrogens with zero attached hydrogens (tertiary/aromatic N) is 4. The number of aromatic nitrogens is 4. The number of hydrogen-bond donors (Lipinski definition) is 1. The Hall–Kier alpha value is -2.54. The Morgan fingerprint density at radius 2 is 2.04 bits per heavy atom. The molecular formula is C18H21N5OS. The van der Waals surface area contributed by atoms with Crippen molar-refractivity contribution in [3.8, 4) is 11.4 Å². The maximum atomic E-state index is 12.0. The van der Waals surface area contributed by atoms with Crippen LogP contribution in [0.25, 0.3) is 11.4 Å². The molecule has 3 rings (SSSR count). The first-order valence-corrected chi connectivity index (χ1v) is 9.22. The van der Waals surface area contributed by atoms with Gasteiger partial charge in [-0.1, -0.05) is 38.1 Å². The highest BCUT2D eigenvalue weighted by molar-refractivity contribution is 7.08. The molecule has 25 heavy (non-hydrogen) atoms. The Labute approximate surface area is 150 Å². The van der Waals surface area contributed by atoms with Crippen molar-refractivity contribution in [3.05, 3.63) is 52.2 Å². The number of amides is 1. The van der Waals surface area contributed by atoms with Crippen LogP contribution in [0, 0.1) is 0 Å². The highest BCUT2D eigenvalue weighted by Gasteiger charge is 2.09. The fraction of sp³-hybridized carbons (Fsp3) is 0.333. The molecule has 1 amide bonds. The third-order valence-corrected chi connectivity index (χ3v) is 4.58. The lowest BCUT2D eigenvalue weighted by Crippen LogP contribution is -2.30. The molecule has 130 valence electrons. The van der Waals surface area contributed by atoms with E-state index in [0.29, 0.717) is 18.3 Å². The monoisotopic (exact) mass is 355 g/mol. The van der Waals surface area contributed by atoms with Crippen LogP contribution in [0.2, 0.25) is 0 Å². The fourth-order valence-corrected chi connectivity index (χ4v) is 3.05. The summed E-state index contributed by atoms with van der Waals surface area (Å²) in [5.41, 5.74) is 3.45. The largest absolute Gasteiger partial charge is 0.354 e. The van der Waals surface area contributed by atoms with Gasteiger partial charge in [-0.05, 0) is 40.1 Å². The highest BCUT2D eigenvalue weighted by atomic mass is 32.1. The molecule has 0 bridgehead atoms. The summed E-state index contributed by atoms with van der Waals surface area (Å²) in [6.45, 7) is 5.02. The van der Waals surface area contributed by atoms with E-state index in [1.807, 2.05) is 16.8 Å². The van der Waals surface area contributed by atoms with Gasteiger partial charge in [0, 0.05) is 17.5 Å². The lowest BCUT2D eigenvalue weighted by molar-refractivity contribution is -0.122. The second-order valence-electron chi connectivity index (χ2n) is 6.15. The maximum Gasteiger partial charge on any atom is 0.243 e. The van der Waals surface area contributed by atoms with Crippen LogP contribution in [0.15, 0.2) is 41.1 Å². The van der Waals surface area contributed by atoms with E-state index in [0.717, 1.165) is 12.0 Å². The Morgan fingerprint density at radius 1 is 1.24 bits per heavy atom. The third kappa shape index (κ3) is 4.73. The fourth-order valence-electron chi connectivity index (χ4n) is 2.42. The molecule has 1 aromatic carbocycles. The van der Waals surface area contributed by atoms with Gasteiger partial charge in [-0.2, -0.15) is 16.1 Å². The molecule has 2 aromatic heterocycles. The number of rotatable bonds is 7. The second kappa shape index (κ2) is 8.02. The highest BCUT2D eigenvalue weighted by Crippen LogP contribution is 2.16. The molecule has 0 saturated carbocycles. The van der Waals surface area contributed by atoms with E-state index in [4.69, 9.17) is 0 Å². The van der Waals surface area contributed by atoms with Crippen LogP contribution in [-0.2, 0) is 17.8 Å². The van der Waals surface area contributed by atoms with Crippen LogP contribution >= 0.6 is 11.3 Å². The van der Waals surface area contributed by atoms with Gasteiger partial charge in [0.2, 0.25) is 11.7 Å². The van der Waals surface area contributed by atoms with Crippen molar-refractivity contribution in [2.45, 2.75) is 32.7 Å². The van der Waals surface area contributed by atoms with Crippen molar-refractivity contribution in [1.82, 2.24) is 25.5 Å². The molecule has 0 saturated heterocycles. The van der Waals surface area contributed by atoms with Gasteiger partial charge >= 0.3 is 0 Å². The molecule has 7 heteroatoms. The number of carbonyl (C=O) groups excluding carboxylic acids is 1. The van der Waals surface area contributed by atoms with Gasteiger partial charge in [0.1, 0.15) is 6.54 Å². The molecule has 6 nitrogen and oxygen atoms in total. The molecule has 0 unspecified atom stereocenters.